The molecule has 18 heavy (non-hydrogen) atoms. The van der Waals surface area contributed by atoms with Gasteiger partial charge in [0.25, 0.3) is 0 Å². The molecule has 2 rings (SSSR count). The minimum Gasteiger partial charge on any atom is -0.399 e. The van der Waals surface area contributed by atoms with Crippen LogP contribution in [0.1, 0.15) is 33.3 Å². The van der Waals surface area contributed by atoms with E-state index in [-0.39, 0.29) is 18.3 Å². The second-order valence-corrected chi connectivity index (χ2v) is 5.70. The zero-order valence-electron chi connectivity index (χ0n) is 11.4. The van der Waals surface area contributed by atoms with Gasteiger partial charge in [0.15, 0.2) is 0 Å². The summed E-state index contributed by atoms with van der Waals surface area (Å²) in [7, 11) is -0.333. The number of benzene rings is 1. The fourth-order valence-electron chi connectivity index (χ4n) is 1.89. The van der Waals surface area contributed by atoms with Crippen molar-refractivity contribution >= 4 is 18.9 Å². The summed E-state index contributed by atoms with van der Waals surface area (Å²) in [5.74, 6) is 0. The Kier molecular flexibility index (Phi) is 3.34. The normalized spacial score (nSPS) is 21.0. The van der Waals surface area contributed by atoms with Crippen LogP contribution in [0.4, 0.5) is 0 Å². The molecule has 1 aliphatic heterocycles. The molecule has 1 heterocycles. The van der Waals surface area contributed by atoms with Crippen LogP contribution in [0.25, 0.3) is 0 Å². The van der Waals surface area contributed by atoms with E-state index < -0.39 is 0 Å². The first-order valence-electron chi connectivity index (χ1n) is 6.24. The minimum absolute atomic E-state index is 0.320. The van der Waals surface area contributed by atoms with E-state index in [2.05, 4.69) is 0 Å². The number of carbonyl (C=O) groups is 1. The quantitative estimate of drug-likeness (QED) is 0.601. The summed E-state index contributed by atoms with van der Waals surface area (Å²) < 4.78 is 11.9. The summed E-state index contributed by atoms with van der Waals surface area (Å²) in [4.78, 5) is 10.4. The van der Waals surface area contributed by atoms with Gasteiger partial charge in [-0.1, -0.05) is 24.3 Å². The van der Waals surface area contributed by atoms with Crippen LogP contribution >= 0.6 is 0 Å². The molecule has 0 bridgehead atoms. The number of rotatable bonds is 3. The molecule has 1 saturated heterocycles. The lowest BCUT2D eigenvalue weighted by atomic mass is 9.79. The summed E-state index contributed by atoms with van der Waals surface area (Å²) >= 11 is 0. The van der Waals surface area contributed by atoms with Crippen molar-refractivity contribution in [3.05, 3.63) is 29.8 Å². The van der Waals surface area contributed by atoms with Gasteiger partial charge in [-0.15, -0.1) is 0 Å². The van der Waals surface area contributed by atoms with Gasteiger partial charge in [0, 0.05) is 6.42 Å². The van der Waals surface area contributed by atoms with Crippen molar-refractivity contribution < 1.29 is 14.1 Å². The summed E-state index contributed by atoms with van der Waals surface area (Å²) in [5.41, 5.74) is 1.35. The molecule has 4 heteroatoms. The maximum Gasteiger partial charge on any atom is 0.494 e. The molecule has 0 atom stereocenters. The van der Waals surface area contributed by atoms with Gasteiger partial charge in [0.05, 0.1) is 11.2 Å². The van der Waals surface area contributed by atoms with E-state index in [0.717, 1.165) is 17.3 Å². The van der Waals surface area contributed by atoms with Crippen LogP contribution in [0, 0.1) is 0 Å². The maximum absolute atomic E-state index is 10.4. The lowest BCUT2D eigenvalue weighted by molar-refractivity contribution is -0.107. The Hall–Kier alpha value is -1.13. The second-order valence-electron chi connectivity index (χ2n) is 5.70. The smallest absolute Gasteiger partial charge is 0.399 e. The largest absolute Gasteiger partial charge is 0.494 e. The van der Waals surface area contributed by atoms with Gasteiger partial charge in [-0.3, -0.25) is 0 Å². The van der Waals surface area contributed by atoms with Gasteiger partial charge < -0.3 is 14.1 Å². The average Bonchev–Trinajstić information content (AvgIpc) is 2.50. The molecule has 1 aromatic rings. The molecule has 0 unspecified atom stereocenters. The van der Waals surface area contributed by atoms with Crippen LogP contribution in [0.5, 0.6) is 0 Å². The molecule has 1 aliphatic rings. The number of hydrogen-bond acceptors (Lipinski definition) is 3. The summed E-state index contributed by atoms with van der Waals surface area (Å²) in [5, 5.41) is 0. The van der Waals surface area contributed by atoms with Crippen LogP contribution in [0.15, 0.2) is 24.3 Å². The first kappa shape index (κ1) is 13.3. The number of aldehydes is 1. The van der Waals surface area contributed by atoms with Gasteiger partial charge in [0.2, 0.25) is 0 Å². The molecule has 96 valence electrons. The summed E-state index contributed by atoms with van der Waals surface area (Å²) in [6.07, 6.45) is 1.35. The van der Waals surface area contributed by atoms with E-state index in [9.17, 15) is 4.79 Å². The van der Waals surface area contributed by atoms with Crippen LogP contribution in [-0.2, 0) is 20.5 Å². The van der Waals surface area contributed by atoms with Crippen molar-refractivity contribution in [3.8, 4) is 0 Å². The van der Waals surface area contributed by atoms with Crippen molar-refractivity contribution in [1.29, 1.82) is 0 Å². The highest BCUT2D eigenvalue weighted by atomic mass is 16.7. The van der Waals surface area contributed by atoms with Crippen LogP contribution in [0.3, 0.4) is 0 Å². The molecular weight excluding hydrogens is 227 g/mol. The highest BCUT2D eigenvalue weighted by Gasteiger charge is 2.51. The van der Waals surface area contributed by atoms with E-state index in [1.807, 2.05) is 52.0 Å². The maximum atomic E-state index is 10.4. The van der Waals surface area contributed by atoms with Gasteiger partial charge in [0.1, 0.15) is 6.29 Å². The first-order chi connectivity index (χ1) is 8.36. The minimum atomic E-state index is -0.333. The van der Waals surface area contributed by atoms with Crippen molar-refractivity contribution in [2.75, 3.05) is 0 Å². The Morgan fingerprint density at radius 2 is 1.56 bits per heavy atom. The van der Waals surface area contributed by atoms with Crippen LogP contribution < -0.4 is 5.46 Å². The zero-order valence-corrected chi connectivity index (χ0v) is 11.4. The molecule has 0 radical (unpaired) electrons. The standard InChI is InChI=1S/C14H19BO3/c1-13(2)14(3,4)18-15(17-13)12-7-5-11(6-8-12)9-10-16/h5-8,10H,9H2,1-4H3. The Bertz CT molecular complexity index is 421. The topological polar surface area (TPSA) is 35.5 Å². The highest BCUT2D eigenvalue weighted by molar-refractivity contribution is 6.62. The van der Waals surface area contributed by atoms with Crippen molar-refractivity contribution in [2.45, 2.75) is 45.3 Å². The lowest BCUT2D eigenvalue weighted by Crippen LogP contribution is -2.41. The van der Waals surface area contributed by atoms with Gasteiger partial charge in [-0.25, -0.2) is 0 Å². The summed E-state index contributed by atoms with van der Waals surface area (Å²) in [6, 6.07) is 7.80. The highest BCUT2D eigenvalue weighted by Crippen LogP contribution is 2.36. The average molecular weight is 246 g/mol. The fourth-order valence-corrected chi connectivity index (χ4v) is 1.89. The monoisotopic (exact) mass is 246 g/mol. The molecule has 1 fully saturated rings. The Morgan fingerprint density at radius 1 is 1.06 bits per heavy atom. The lowest BCUT2D eigenvalue weighted by Gasteiger charge is -2.32. The first-order valence-corrected chi connectivity index (χ1v) is 6.24. The van der Waals surface area contributed by atoms with Crippen LogP contribution in [-0.4, -0.2) is 24.6 Å². The molecule has 1 aromatic carbocycles. The zero-order chi connectivity index (χ0) is 13.4. The Labute approximate surface area is 109 Å². The molecule has 0 amide bonds. The molecule has 0 N–H and O–H groups in total. The second kappa shape index (κ2) is 4.52. The third kappa shape index (κ3) is 2.35. The van der Waals surface area contributed by atoms with E-state index in [0.29, 0.717) is 6.42 Å². The predicted octanol–water partition coefficient (Wildman–Crippen LogP) is 1.73. The van der Waals surface area contributed by atoms with E-state index in [1.165, 1.54) is 0 Å². The molecule has 0 spiro atoms. The third-order valence-corrected chi connectivity index (χ3v) is 3.82. The molecule has 0 saturated carbocycles. The van der Waals surface area contributed by atoms with Gasteiger partial charge in [-0.2, -0.15) is 0 Å². The summed E-state index contributed by atoms with van der Waals surface area (Å²) in [6.45, 7) is 8.14. The number of hydrogen-bond donors (Lipinski definition) is 0. The SMILES string of the molecule is CC1(C)OB(c2ccc(CC=O)cc2)OC1(C)C. The van der Waals surface area contributed by atoms with Crippen molar-refractivity contribution in [3.63, 3.8) is 0 Å². The van der Waals surface area contributed by atoms with E-state index in [4.69, 9.17) is 9.31 Å². The molecular formula is C14H19BO3. The van der Waals surface area contributed by atoms with Gasteiger partial charge >= 0.3 is 7.12 Å². The molecule has 0 aliphatic carbocycles. The number of carbonyl (C=O) groups excluding carboxylic acids is 1. The Balaban J connectivity index is 2.17. The van der Waals surface area contributed by atoms with Crippen molar-refractivity contribution in [2.24, 2.45) is 0 Å². The Morgan fingerprint density at radius 3 is 2.00 bits per heavy atom. The van der Waals surface area contributed by atoms with Gasteiger partial charge in [-0.05, 0) is 38.7 Å². The third-order valence-electron chi connectivity index (χ3n) is 3.82. The van der Waals surface area contributed by atoms with E-state index in [1.54, 1.807) is 0 Å². The molecule has 3 nitrogen and oxygen atoms in total. The van der Waals surface area contributed by atoms with E-state index >= 15 is 0 Å². The fraction of sp³-hybridized carbons (Fsp3) is 0.500. The molecule has 0 aromatic heterocycles. The van der Waals surface area contributed by atoms with Crippen LogP contribution in [0.2, 0.25) is 0 Å². The predicted molar refractivity (Wildman–Crippen MR) is 71.9 cm³/mol. The van der Waals surface area contributed by atoms with Crippen molar-refractivity contribution in [1.82, 2.24) is 0 Å².